The lowest BCUT2D eigenvalue weighted by molar-refractivity contribution is 0.900. The van der Waals surface area contributed by atoms with Gasteiger partial charge in [0.2, 0.25) is 11.9 Å². The minimum atomic E-state index is -0.247. The van der Waals surface area contributed by atoms with E-state index in [1.54, 1.807) is 12.2 Å². The zero-order valence-electron chi connectivity index (χ0n) is 6.63. The quantitative estimate of drug-likeness (QED) is 0.154. The molecule has 0 bridgehead atoms. The first kappa shape index (κ1) is 10.6. The van der Waals surface area contributed by atoms with Gasteiger partial charge in [0, 0.05) is 0 Å². The summed E-state index contributed by atoms with van der Waals surface area (Å²) in [5.74, 6) is -0.301. The van der Waals surface area contributed by atoms with Gasteiger partial charge in [-0.3, -0.25) is 10.7 Å². The van der Waals surface area contributed by atoms with E-state index in [9.17, 15) is 0 Å². The summed E-state index contributed by atoms with van der Waals surface area (Å²) < 4.78 is 0. The number of nitrogens with one attached hydrogen (secondary N) is 4. The highest BCUT2D eigenvalue weighted by atomic mass is 15.2. The molecule has 0 spiro atoms. The predicted molar refractivity (Wildman–Crippen MR) is 46.3 cm³/mol. The van der Waals surface area contributed by atoms with Crippen LogP contribution in [0.2, 0.25) is 0 Å². The van der Waals surface area contributed by atoms with E-state index in [2.05, 4.69) is 20.6 Å². The maximum absolute atomic E-state index is 8.09. The zero-order chi connectivity index (χ0) is 10.1. The van der Waals surface area contributed by atoms with Gasteiger partial charge in [-0.05, 0) is 0 Å². The standard InChI is InChI=1S/C5H8N8/c6-1-10-4(8)12-3-13-5(9)11-2-7/h6H,3H2,(H2,8,12)(H3,9,11,13). The van der Waals surface area contributed by atoms with Crippen LogP contribution in [0.25, 0.3) is 0 Å². The van der Waals surface area contributed by atoms with Crippen LogP contribution in [-0.2, 0) is 0 Å². The van der Waals surface area contributed by atoms with Gasteiger partial charge in [-0.15, -0.1) is 0 Å². The fourth-order valence-electron chi connectivity index (χ4n) is 0.392. The van der Waals surface area contributed by atoms with E-state index in [1.165, 1.54) is 0 Å². The Labute approximate surface area is 74.2 Å². The Bertz CT molecular complexity index is 290. The highest BCUT2D eigenvalue weighted by molar-refractivity contribution is 5.83. The van der Waals surface area contributed by atoms with E-state index in [4.69, 9.17) is 21.8 Å². The first-order valence-electron chi connectivity index (χ1n) is 3.10. The Balaban J connectivity index is 3.79. The lowest BCUT2D eigenvalue weighted by Gasteiger charge is -1.98. The van der Waals surface area contributed by atoms with E-state index in [0.717, 1.165) is 0 Å². The number of nitrogens with zero attached hydrogens (tertiary/aromatic N) is 3. The SMILES string of the molecule is N#CNC(N)=NCNC(=N)N=C=N. The molecule has 0 saturated heterocycles. The first-order chi connectivity index (χ1) is 6.20. The van der Waals surface area contributed by atoms with Crippen molar-refractivity contribution in [2.45, 2.75) is 0 Å². The van der Waals surface area contributed by atoms with Gasteiger partial charge < -0.3 is 11.1 Å². The van der Waals surface area contributed by atoms with Gasteiger partial charge in [-0.2, -0.15) is 10.3 Å². The second kappa shape index (κ2) is 6.33. The van der Waals surface area contributed by atoms with Gasteiger partial charge in [0.15, 0.2) is 6.19 Å². The monoisotopic (exact) mass is 180 g/mol. The largest absolute Gasteiger partial charge is 0.369 e. The Kier molecular flexibility index (Phi) is 5.17. The number of guanidine groups is 2. The fraction of sp³-hybridized carbons (Fsp3) is 0.200. The van der Waals surface area contributed by atoms with Crippen LogP contribution in [0.5, 0.6) is 0 Å². The van der Waals surface area contributed by atoms with Gasteiger partial charge in [0.1, 0.15) is 6.67 Å². The van der Waals surface area contributed by atoms with Gasteiger partial charge in [-0.1, -0.05) is 0 Å². The van der Waals surface area contributed by atoms with Crippen LogP contribution in [0, 0.1) is 22.3 Å². The van der Waals surface area contributed by atoms with Crippen molar-refractivity contribution in [1.29, 1.82) is 16.1 Å². The third kappa shape index (κ3) is 6.03. The van der Waals surface area contributed by atoms with Crippen molar-refractivity contribution in [2.24, 2.45) is 15.7 Å². The van der Waals surface area contributed by atoms with E-state index in [0.29, 0.717) is 0 Å². The van der Waals surface area contributed by atoms with Gasteiger partial charge in [0.25, 0.3) is 0 Å². The molecule has 0 heterocycles. The van der Waals surface area contributed by atoms with Crippen LogP contribution >= 0.6 is 0 Å². The predicted octanol–water partition coefficient (Wildman–Crippen LogP) is -1.39. The average molecular weight is 180 g/mol. The summed E-state index contributed by atoms with van der Waals surface area (Å²) in [6.45, 7) is 0.00449. The van der Waals surface area contributed by atoms with E-state index in [-0.39, 0.29) is 18.6 Å². The Morgan fingerprint density at radius 3 is 2.85 bits per heavy atom. The van der Waals surface area contributed by atoms with Crippen LogP contribution in [-0.4, -0.2) is 24.6 Å². The highest BCUT2D eigenvalue weighted by Gasteiger charge is 1.89. The maximum atomic E-state index is 8.09. The van der Waals surface area contributed by atoms with Crippen LogP contribution in [0.15, 0.2) is 9.98 Å². The summed E-state index contributed by atoms with van der Waals surface area (Å²) in [4.78, 5) is 6.76. The molecular weight excluding hydrogens is 172 g/mol. The van der Waals surface area contributed by atoms with Crippen molar-refractivity contribution in [3.05, 3.63) is 0 Å². The van der Waals surface area contributed by atoms with Crippen molar-refractivity contribution in [2.75, 3.05) is 6.67 Å². The van der Waals surface area contributed by atoms with Crippen LogP contribution in [0.1, 0.15) is 0 Å². The molecule has 68 valence electrons. The van der Waals surface area contributed by atoms with Crippen molar-refractivity contribution < 1.29 is 0 Å². The number of hydrogen-bond acceptors (Lipinski definition) is 4. The minimum Gasteiger partial charge on any atom is -0.369 e. The number of hydrogen-bond donors (Lipinski definition) is 5. The van der Waals surface area contributed by atoms with Gasteiger partial charge >= 0.3 is 0 Å². The smallest absolute Gasteiger partial charge is 0.226 e. The Morgan fingerprint density at radius 2 is 2.31 bits per heavy atom. The molecule has 0 aromatic carbocycles. The third-order valence-corrected chi connectivity index (χ3v) is 0.848. The third-order valence-electron chi connectivity index (χ3n) is 0.848. The van der Waals surface area contributed by atoms with E-state index >= 15 is 0 Å². The summed E-state index contributed by atoms with van der Waals surface area (Å²) in [5.41, 5.74) is 5.17. The molecule has 0 aromatic heterocycles. The molecule has 0 fully saturated rings. The van der Waals surface area contributed by atoms with Gasteiger partial charge in [-0.25, -0.2) is 10.4 Å². The van der Waals surface area contributed by atoms with E-state index in [1.807, 2.05) is 0 Å². The molecule has 0 radical (unpaired) electrons. The average Bonchev–Trinajstić information content (AvgIpc) is 2.05. The molecule has 8 heteroatoms. The topological polar surface area (TPSA) is 146 Å². The molecule has 6 N–H and O–H groups in total. The maximum Gasteiger partial charge on any atom is 0.226 e. The molecule has 0 rings (SSSR count). The van der Waals surface area contributed by atoms with Crippen molar-refractivity contribution >= 4 is 17.9 Å². The molecule has 0 aromatic rings. The lowest BCUT2D eigenvalue weighted by atomic mass is 10.8. The lowest BCUT2D eigenvalue weighted by Crippen LogP contribution is -2.30. The second-order valence-electron chi connectivity index (χ2n) is 1.69. The highest BCUT2D eigenvalue weighted by Crippen LogP contribution is 1.68. The molecule has 8 nitrogen and oxygen atoms in total. The molecule has 0 aliphatic carbocycles. The van der Waals surface area contributed by atoms with E-state index < -0.39 is 0 Å². The molecule has 0 atom stereocenters. The summed E-state index contributed by atoms with van der Waals surface area (Å²) in [7, 11) is 0. The number of nitriles is 1. The molecule has 0 saturated carbocycles. The van der Waals surface area contributed by atoms with Crippen molar-refractivity contribution in [3.8, 4) is 6.19 Å². The zero-order valence-corrected chi connectivity index (χ0v) is 6.63. The van der Waals surface area contributed by atoms with Crippen LogP contribution < -0.4 is 16.4 Å². The number of nitrogens with two attached hydrogens (primary N) is 1. The minimum absolute atomic E-state index is 0.00449. The van der Waals surface area contributed by atoms with Gasteiger partial charge in [0.05, 0.1) is 6.01 Å². The first-order valence-corrected chi connectivity index (χ1v) is 3.10. The molecular formula is C5H8N8. The van der Waals surface area contributed by atoms with Crippen LogP contribution in [0.3, 0.4) is 0 Å². The molecule has 13 heavy (non-hydrogen) atoms. The van der Waals surface area contributed by atoms with Crippen LogP contribution in [0.4, 0.5) is 0 Å². The summed E-state index contributed by atoms with van der Waals surface area (Å²) in [5, 5.41) is 26.0. The Hall–Kier alpha value is -2.39. The second-order valence-corrected chi connectivity index (χ2v) is 1.69. The molecule has 0 aliphatic rings. The molecule has 0 amide bonds. The normalized spacial score (nSPS) is 9.31. The molecule has 0 unspecified atom stereocenters. The summed E-state index contributed by atoms with van der Waals surface area (Å²) in [6.07, 6.45) is 1.58. The summed E-state index contributed by atoms with van der Waals surface area (Å²) >= 11 is 0. The Morgan fingerprint density at radius 1 is 1.62 bits per heavy atom. The summed E-state index contributed by atoms with van der Waals surface area (Å²) in [6, 6.07) is 1.67. The van der Waals surface area contributed by atoms with Crippen molar-refractivity contribution in [1.82, 2.24) is 10.6 Å². The fourth-order valence-corrected chi connectivity index (χ4v) is 0.392. The number of aliphatic imine (C=N–C) groups is 2. The number of rotatable bonds is 2. The molecule has 0 aliphatic heterocycles. The van der Waals surface area contributed by atoms with Crippen molar-refractivity contribution in [3.63, 3.8) is 0 Å².